The first kappa shape index (κ1) is 12.8. The van der Waals surface area contributed by atoms with E-state index >= 15 is 0 Å². The molecule has 0 amide bonds. The molecular formula is C14H15N3O3. The van der Waals surface area contributed by atoms with Gasteiger partial charge >= 0.3 is 5.97 Å². The second-order valence-corrected chi connectivity index (χ2v) is 5.18. The van der Waals surface area contributed by atoms with Crippen molar-refractivity contribution in [1.29, 1.82) is 0 Å². The van der Waals surface area contributed by atoms with Gasteiger partial charge in [-0.05, 0) is 5.56 Å². The third-order valence-electron chi connectivity index (χ3n) is 3.20. The van der Waals surface area contributed by atoms with Crippen molar-refractivity contribution >= 4 is 5.97 Å². The Bertz CT molecular complexity index is 610. The highest BCUT2D eigenvalue weighted by Crippen LogP contribution is 2.41. The van der Waals surface area contributed by atoms with Crippen LogP contribution in [0.5, 0.6) is 0 Å². The van der Waals surface area contributed by atoms with Gasteiger partial charge in [-0.3, -0.25) is 5.10 Å². The highest BCUT2D eigenvalue weighted by atomic mass is 16.8. The number of esters is 1. The monoisotopic (exact) mass is 273 g/mol. The van der Waals surface area contributed by atoms with Crippen LogP contribution < -0.4 is 0 Å². The fourth-order valence-corrected chi connectivity index (χ4v) is 2.43. The average Bonchev–Trinajstić information content (AvgIpc) is 2.98. The molecule has 104 valence electrons. The van der Waals surface area contributed by atoms with E-state index in [1.807, 2.05) is 30.3 Å². The maximum atomic E-state index is 12.4. The van der Waals surface area contributed by atoms with Crippen LogP contribution in [0.25, 0.3) is 0 Å². The molecule has 2 aromatic rings. The molecule has 1 atom stereocenters. The maximum Gasteiger partial charge on any atom is 0.346 e. The van der Waals surface area contributed by atoms with Crippen LogP contribution in [0.15, 0.2) is 36.7 Å². The Balaban J connectivity index is 2.06. The number of benzene rings is 1. The zero-order valence-electron chi connectivity index (χ0n) is 11.3. The minimum Gasteiger partial charge on any atom is -0.431 e. The number of rotatable bonds is 3. The normalized spacial score (nSPS) is 24.6. The summed E-state index contributed by atoms with van der Waals surface area (Å²) in [6.45, 7) is 3.43. The smallest absolute Gasteiger partial charge is 0.346 e. The van der Waals surface area contributed by atoms with Crippen LogP contribution in [0.4, 0.5) is 0 Å². The van der Waals surface area contributed by atoms with Gasteiger partial charge in [0.25, 0.3) is 0 Å². The summed E-state index contributed by atoms with van der Waals surface area (Å²) < 4.78 is 11.3. The van der Waals surface area contributed by atoms with Gasteiger partial charge in [0.15, 0.2) is 5.82 Å². The molecule has 3 rings (SSSR count). The largest absolute Gasteiger partial charge is 0.431 e. The van der Waals surface area contributed by atoms with Gasteiger partial charge in [-0.25, -0.2) is 9.78 Å². The number of nitrogens with zero attached hydrogens (tertiary/aromatic N) is 2. The first-order valence-electron chi connectivity index (χ1n) is 6.36. The zero-order chi connectivity index (χ0) is 14.2. The lowest BCUT2D eigenvalue weighted by molar-refractivity contribution is -0.167. The van der Waals surface area contributed by atoms with E-state index in [4.69, 9.17) is 9.47 Å². The number of aromatic nitrogens is 3. The second kappa shape index (κ2) is 4.42. The van der Waals surface area contributed by atoms with E-state index in [-0.39, 0.29) is 6.42 Å². The molecule has 1 aliphatic rings. The van der Waals surface area contributed by atoms with E-state index in [0.29, 0.717) is 5.82 Å². The van der Waals surface area contributed by atoms with Gasteiger partial charge in [0.05, 0.1) is 6.42 Å². The third kappa shape index (κ3) is 2.08. The second-order valence-electron chi connectivity index (χ2n) is 5.18. The van der Waals surface area contributed by atoms with E-state index in [9.17, 15) is 4.79 Å². The van der Waals surface area contributed by atoms with Crippen molar-refractivity contribution in [2.24, 2.45) is 0 Å². The summed E-state index contributed by atoms with van der Waals surface area (Å²) >= 11 is 0. The summed E-state index contributed by atoms with van der Waals surface area (Å²) in [7, 11) is 0. The van der Waals surface area contributed by atoms with Crippen molar-refractivity contribution in [2.75, 3.05) is 0 Å². The molecular weight excluding hydrogens is 258 g/mol. The maximum absolute atomic E-state index is 12.4. The number of hydrogen-bond acceptors (Lipinski definition) is 5. The van der Waals surface area contributed by atoms with Crippen molar-refractivity contribution in [3.63, 3.8) is 0 Å². The predicted octanol–water partition coefficient (Wildman–Crippen LogP) is 1.55. The molecule has 0 spiro atoms. The van der Waals surface area contributed by atoms with Gasteiger partial charge < -0.3 is 9.47 Å². The molecule has 1 saturated heterocycles. The van der Waals surface area contributed by atoms with Crippen LogP contribution in [0.3, 0.4) is 0 Å². The van der Waals surface area contributed by atoms with Crippen LogP contribution >= 0.6 is 0 Å². The summed E-state index contributed by atoms with van der Waals surface area (Å²) in [6.07, 6.45) is 1.70. The summed E-state index contributed by atoms with van der Waals surface area (Å²) in [4.78, 5) is 16.5. The van der Waals surface area contributed by atoms with Crippen LogP contribution in [0.2, 0.25) is 0 Å². The molecule has 1 N–H and O–H groups in total. The molecule has 0 saturated carbocycles. The molecule has 1 aliphatic heterocycles. The van der Waals surface area contributed by atoms with Gasteiger partial charge in [0.2, 0.25) is 11.4 Å². The van der Waals surface area contributed by atoms with E-state index in [2.05, 4.69) is 15.2 Å². The minimum absolute atomic E-state index is 0.225. The highest BCUT2D eigenvalue weighted by molar-refractivity contribution is 5.83. The standard InChI is InChI=1S/C14H15N3O3/c1-13(2)19-12(18)14(20-13,8-11-15-9-16-17-11)10-6-4-3-5-7-10/h3-7,9H,8H2,1-2H3,(H,15,16,17). The lowest BCUT2D eigenvalue weighted by Crippen LogP contribution is -2.37. The molecule has 1 unspecified atom stereocenters. The molecule has 0 aliphatic carbocycles. The summed E-state index contributed by atoms with van der Waals surface area (Å²) in [5.74, 6) is -0.884. The SMILES string of the molecule is CC1(C)OC(=O)C(Cc2nc[nH]n2)(c2ccccc2)O1. The van der Waals surface area contributed by atoms with Crippen molar-refractivity contribution < 1.29 is 14.3 Å². The fourth-order valence-electron chi connectivity index (χ4n) is 2.43. The molecule has 0 bridgehead atoms. The Morgan fingerprint density at radius 3 is 2.55 bits per heavy atom. The molecule has 0 radical (unpaired) electrons. The Morgan fingerprint density at radius 2 is 2.00 bits per heavy atom. The van der Waals surface area contributed by atoms with Gasteiger partial charge in [0, 0.05) is 13.8 Å². The molecule has 6 heteroatoms. The first-order chi connectivity index (χ1) is 9.52. The van der Waals surface area contributed by atoms with E-state index in [1.54, 1.807) is 13.8 Å². The Hall–Kier alpha value is -2.21. The van der Waals surface area contributed by atoms with Gasteiger partial charge in [-0.1, -0.05) is 30.3 Å². The average molecular weight is 273 g/mol. The molecule has 1 fully saturated rings. The van der Waals surface area contributed by atoms with Crippen LogP contribution in [0, 0.1) is 0 Å². The number of aromatic amines is 1. The van der Waals surface area contributed by atoms with Crippen LogP contribution in [0.1, 0.15) is 25.2 Å². The fraction of sp³-hybridized carbons (Fsp3) is 0.357. The Morgan fingerprint density at radius 1 is 1.25 bits per heavy atom. The lowest BCUT2D eigenvalue weighted by Gasteiger charge is -2.25. The summed E-state index contributed by atoms with van der Waals surface area (Å²) in [5, 5.41) is 6.65. The lowest BCUT2D eigenvalue weighted by atomic mass is 9.90. The first-order valence-corrected chi connectivity index (χ1v) is 6.36. The van der Waals surface area contributed by atoms with Crippen molar-refractivity contribution in [3.8, 4) is 0 Å². The highest BCUT2D eigenvalue weighted by Gasteiger charge is 2.55. The molecule has 20 heavy (non-hydrogen) atoms. The van der Waals surface area contributed by atoms with Crippen molar-refractivity contribution in [3.05, 3.63) is 48.0 Å². The van der Waals surface area contributed by atoms with Crippen LogP contribution in [-0.4, -0.2) is 26.9 Å². The third-order valence-corrected chi connectivity index (χ3v) is 3.20. The van der Waals surface area contributed by atoms with E-state index < -0.39 is 17.4 Å². The number of carbonyl (C=O) groups is 1. The van der Waals surface area contributed by atoms with E-state index in [1.165, 1.54) is 6.33 Å². The van der Waals surface area contributed by atoms with Crippen molar-refractivity contribution in [1.82, 2.24) is 15.2 Å². The quantitative estimate of drug-likeness (QED) is 0.859. The van der Waals surface area contributed by atoms with Crippen LogP contribution in [-0.2, 0) is 26.3 Å². The van der Waals surface area contributed by atoms with Gasteiger partial charge in [-0.15, -0.1) is 0 Å². The number of ether oxygens (including phenoxy) is 2. The summed E-state index contributed by atoms with van der Waals surface area (Å²) in [5.41, 5.74) is -0.465. The van der Waals surface area contributed by atoms with Gasteiger partial charge in [-0.2, -0.15) is 5.10 Å². The van der Waals surface area contributed by atoms with Gasteiger partial charge in [0.1, 0.15) is 6.33 Å². The number of carbonyl (C=O) groups excluding carboxylic acids is 1. The number of H-pyrrole nitrogens is 1. The molecule has 1 aromatic heterocycles. The predicted molar refractivity (Wildman–Crippen MR) is 69.5 cm³/mol. The summed E-state index contributed by atoms with van der Waals surface area (Å²) in [6, 6.07) is 9.29. The zero-order valence-corrected chi connectivity index (χ0v) is 11.3. The molecule has 1 aromatic carbocycles. The molecule has 6 nitrogen and oxygen atoms in total. The number of hydrogen-bond donors (Lipinski definition) is 1. The molecule has 2 heterocycles. The van der Waals surface area contributed by atoms with Crippen molar-refractivity contribution in [2.45, 2.75) is 31.7 Å². The number of nitrogens with one attached hydrogen (secondary N) is 1. The topological polar surface area (TPSA) is 77.1 Å². The Labute approximate surface area is 116 Å². The minimum atomic E-state index is -1.20. The van der Waals surface area contributed by atoms with E-state index in [0.717, 1.165) is 5.56 Å². The Kier molecular flexibility index (Phi) is 2.83. The number of cyclic esters (lactones) is 1.